The molecule has 0 radical (unpaired) electrons. The third kappa shape index (κ3) is 4.88. The Morgan fingerprint density at radius 1 is 1.19 bits per heavy atom. The Balaban J connectivity index is 1.76. The molecule has 3 rings (SSSR count). The van der Waals surface area contributed by atoms with Gasteiger partial charge in [-0.2, -0.15) is 0 Å². The minimum absolute atomic E-state index is 0.192. The lowest BCUT2D eigenvalue weighted by molar-refractivity contribution is 0.267. The number of hydrogen-bond donors (Lipinski definition) is 2. The first kappa shape index (κ1) is 19.0. The van der Waals surface area contributed by atoms with Gasteiger partial charge in [0, 0.05) is 0 Å². The van der Waals surface area contributed by atoms with E-state index in [9.17, 15) is 0 Å². The molecule has 9 heteroatoms. The van der Waals surface area contributed by atoms with Crippen LogP contribution >= 0.6 is 15.9 Å². The second kappa shape index (κ2) is 8.72. The van der Waals surface area contributed by atoms with Crippen molar-refractivity contribution in [2.75, 3.05) is 17.8 Å². The van der Waals surface area contributed by atoms with Gasteiger partial charge in [0.25, 0.3) is 5.95 Å². The standard InChI is InChI=1S/C18H21BrN6O2/c1-3-26-16-9-14(10-21-25-18(20)22-23-24-25)8-15(19)17(16)27-11-13-6-4-5-12(2)7-13/h4-9,21H,3,10-11H2,1-2H3,(H2,20,22,24). The summed E-state index contributed by atoms with van der Waals surface area (Å²) in [7, 11) is 0. The van der Waals surface area contributed by atoms with Gasteiger partial charge in [-0.25, -0.2) is 0 Å². The molecule has 27 heavy (non-hydrogen) atoms. The fourth-order valence-corrected chi connectivity index (χ4v) is 3.16. The number of tetrazole rings is 1. The van der Waals surface area contributed by atoms with Crippen molar-refractivity contribution in [1.82, 2.24) is 20.3 Å². The molecule has 0 saturated heterocycles. The van der Waals surface area contributed by atoms with Gasteiger partial charge in [-0.15, -0.1) is 4.79 Å². The smallest absolute Gasteiger partial charge is 0.260 e. The van der Waals surface area contributed by atoms with Gasteiger partial charge in [-0.1, -0.05) is 34.9 Å². The van der Waals surface area contributed by atoms with Gasteiger partial charge in [0.05, 0.1) is 17.6 Å². The molecule has 0 aliphatic rings. The molecular weight excluding hydrogens is 412 g/mol. The van der Waals surface area contributed by atoms with Crippen LogP contribution in [0.1, 0.15) is 23.6 Å². The largest absolute Gasteiger partial charge is 0.490 e. The Kier molecular flexibility index (Phi) is 6.12. The van der Waals surface area contributed by atoms with Crippen molar-refractivity contribution in [1.29, 1.82) is 0 Å². The summed E-state index contributed by atoms with van der Waals surface area (Å²) >= 11 is 3.58. The van der Waals surface area contributed by atoms with E-state index >= 15 is 0 Å². The molecule has 1 aromatic heterocycles. The highest BCUT2D eigenvalue weighted by atomic mass is 79.9. The molecule has 2 aromatic carbocycles. The van der Waals surface area contributed by atoms with Gasteiger partial charge in [-0.05, 0) is 63.5 Å². The lowest BCUT2D eigenvalue weighted by atomic mass is 10.1. The molecule has 0 atom stereocenters. The lowest BCUT2D eigenvalue weighted by Crippen LogP contribution is -2.18. The maximum Gasteiger partial charge on any atom is 0.260 e. The first-order valence-electron chi connectivity index (χ1n) is 8.48. The summed E-state index contributed by atoms with van der Waals surface area (Å²) in [5.74, 6) is 1.53. The maximum absolute atomic E-state index is 6.04. The second-order valence-corrected chi connectivity index (χ2v) is 6.75. The number of nitrogens with zero attached hydrogens (tertiary/aromatic N) is 4. The van der Waals surface area contributed by atoms with Gasteiger partial charge < -0.3 is 20.6 Å². The van der Waals surface area contributed by atoms with Crippen LogP contribution in [0.25, 0.3) is 0 Å². The van der Waals surface area contributed by atoms with E-state index in [1.165, 1.54) is 10.4 Å². The number of nitrogens with two attached hydrogens (primary N) is 1. The van der Waals surface area contributed by atoms with E-state index in [0.717, 1.165) is 15.6 Å². The SMILES string of the molecule is CCOc1cc(CNn2nnnc2N)cc(Br)c1OCc1cccc(C)c1. The maximum atomic E-state index is 6.04. The topological polar surface area (TPSA) is 100 Å². The summed E-state index contributed by atoms with van der Waals surface area (Å²) in [5, 5.41) is 10.9. The van der Waals surface area contributed by atoms with Gasteiger partial charge >= 0.3 is 0 Å². The first-order valence-corrected chi connectivity index (χ1v) is 9.27. The predicted octanol–water partition coefficient (Wildman–Crippen LogP) is 3.05. The van der Waals surface area contributed by atoms with Crippen LogP contribution in [0.4, 0.5) is 5.95 Å². The average molecular weight is 433 g/mol. The second-order valence-electron chi connectivity index (χ2n) is 5.90. The van der Waals surface area contributed by atoms with Crippen molar-refractivity contribution in [2.24, 2.45) is 0 Å². The van der Waals surface area contributed by atoms with Crippen LogP contribution in [0.2, 0.25) is 0 Å². The monoisotopic (exact) mass is 432 g/mol. The van der Waals surface area contributed by atoms with Crippen molar-refractivity contribution >= 4 is 21.9 Å². The summed E-state index contributed by atoms with van der Waals surface area (Å²) in [6, 6.07) is 12.1. The van der Waals surface area contributed by atoms with Crippen molar-refractivity contribution in [2.45, 2.75) is 27.0 Å². The van der Waals surface area contributed by atoms with E-state index in [1.807, 2.05) is 31.2 Å². The number of hydrogen-bond acceptors (Lipinski definition) is 7. The van der Waals surface area contributed by atoms with E-state index < -0.39 is 0 Å². The van der Waals surface area contributed by atoms with Crippen LogP contribution in [0, 0.1) is 6.92 Å². The predicted molar refractivity (Wildman–Crippen MR) is 106 cm³/mol. The minimum atomic E-state index is 0.192. The van der Waals surface area contributed by atoms with Crippen molar-refractivity contribution in [3.8, 4) is 11.5 Å². The van der Waals surface area contributed by atoms with Crippen LogP contribution in [-0.4, -0.2) is 26.9 Å². The van der Waals surface area contributed by atoms with E-state index in [2.05, 4.69) is 55.9 Å². The number of halogens is 1. The highest BCUT2D eigenvalue weighted by molar-refractivity contribution is 9.10. The number of anilines is 1. The van der Waals surface area contributed by atoms with Gasteiger partial charge in [0.15, 0.2) is 11.5 Å². The Morgan fingerprint density at radius 3 is 2.74 bits per heavy atom. The summed E-state index contributed by atoms with van der Waals surface area (Å²) < 4.78 is 12.6. The number of nitrogen functional groups attached to an aromatic ring is 1. The molecule has 0 aliphatic carbocycles. The highest BCUT2D eigenvalue weighted by Crippen LogP contribution is 2.37. The molecule has 0 aliphatic heterocycles. The summed E-state index contributed by atoms with van der Waals surface area (Å²) in [6.07, 6.45) is 0. The number of ether oxygens (including phenoxy) is 2. The summed E-state index contributed by atoms with van der Waals surface area (Å²) in [4.78, 5) is 1.32. The van der Waals surface area contributed by atoms with Crippen molar-refractivity contribution < 1.29 is 9.47 Å². The molecule has 0 spiro atoms. The molecule has 0 saturated carbocycles. The van der Waals surface area contributed by atoms with Crippen LogP contribution in [0.3, 0.4) is 0 Å². The zero-order valence-electron chi connectivity index (χ0n) is 15.1. The fourth-order valence-electron chi connectivity index (χ4n) is 2.56. The van der Waals surface area contributed by atoms with Crippen LogP contribution in [0.15, 0.2) is 40.9 Å². The zero-order chi connectivity index (χ0) is 19.2. The molecule has 0 amide bonds. The number of benzene rings is 2. The van der Waals surface area contributed by atoms with Gasteiger partial charge in [0.1, 0.15) is 6.61 Å². The van der Waals surface area contributed by atoms with E-state index in [4.69, 9.17) is 15.2 Å². The summed E-state index contributed by atoms with van der Waals surface area (Å²) in [5.41, 5.74) is 11.9. The zero-order valence-corrected chi connectivity index (χ0v) is 16.7. The fraction of sp³-hybridized carbons (Fsp3) is 0.278. The lowest BCUT2D eigenvalue weighted by Gasteiger charge is -2.16. The first-order chi connectivity index (χ1) is 13.1. The van der Waals surface area contributed by atoms with Crippen LogP contribution in [-0.2, 0) is 13.2 Å². The Morgan fingerprint density at radius 2 is 2.04 bits per heavy atom. The Labute approximate surface area is 165 Å². The molecule has 3 N–H and O–H groups in total. The number of aryl methyl sites for hydroxylation is 1. The number of aromatic nitrogens is 4. The molecule has 3 aromatic rings. The summed E-state index contributed by atoms with van der Waals surface area (Å²) in [6.45, 7) is 5.45. The molecule has 1 heterocycles. The molecule has 0 fully saturated rings. The minimum Gasteiger partial charge on any atom is -0.490 e. The van der Waals surface area contributed by atoms with Crippen LogP contribution < -0.4 is 20.6 Å². The van der Waals surface area contributed by atoms with Gasteiger partial charge in [0.2, 0.25) is 0 Å². The van der Waals surface area contributed by atoms with Crippen molar-refractivity contribution in [3.63, 3.8) is 0 Å². The molecule has 8 nitrogen and oxygen atoms in total. The third-order valence-corrected chi connectivity index (χ3v) is 4.35. The Hall–Kier alpha value is -2.81. The van der Waals surface area contributed by atoms with E-state index in [-0.39, 0.29) is 5.95 Å². The Bertz CT molecular complexity index is 915. The molecule has 0 unspecified atom stereocenters. The van der Waals surface area contributed by atoms with Gasteiger partial charge in [-0.3, -0.25) is 0 Å². The average Bonchev–Trinajstić information content (AvgIpc) is 3.04. The van der Waals surface area contributed by atoms with E-state index in [1.54, 1.807) is 0 Å². The molecule has 142 valence electrons. The molecule has 0 bridgehead atoms. The quantitative estimate of drug-likeness (QED) is 0.563. The number of rotatable bonds is 8. The third-order valence-electron chi connectivity index (χ3n) is 3.76. The van der Waals surface area contributed by atoms with E-state index in [0.29, 0.717) is 31.3 Å². The van der Waals surface area contributed by atoms with Crippen LogP contribution in [0.5, 0.6) is 11.5 Å². The number of nitrogens with one attached hydrogen (secondary N) is 1. The normalized spacial score (nSPS) is 10.6. The highest BCUT2D eigenvalue weighted by Gasteiger charge is 2.13. The molecular formula is C18H21BrN6O2. The van der Waals surface area contributed by atoms with Crippen molar-refractivity contribution in [3.05, 3.63) is 57.6 Å².